The molecule has 6 nitrogen and oxygen atoms in total. The number of hydrogen-bond donors (Lipinski definition) is 1. The molecule has 1 atom stereocenters. The predicted octanol–water partition coefficient (Wildman–Crippen LogP) is 5.04. The average molecular weight is 437 g/mol. The summed E-state index contributed by atoms with van der Waals surface area (Å²) in [6, 6.07) is 9.60. The zero-order valence-corrected chi connectivity index (χ0v) is 19.4. The van der Waals surface area contributed by atoms with E-state index in [4.69, 9.17) is 0 Å². The second-order valence-corrected chi connectivity index (χ2v) is 9.61. The fourth-order valence-electron chi connectivity index (χ4n) is 5.16. The summed E-state index contributed by atoms with van der Waals surface area (Å²) in [5.41, 5.74) is 1.43. The monoisotopic (exact) mass is 436 g/mol. The third-order valence-corrected chi connectivity index (χ3v) is 6.92. The van der Waals surface area contributed by atoms with Gasteiger partial charge >= 0.3 is 0 Å². The van der Waals surface area contributed by atoms with Gasteiger partial charge in [-0.2, -0.15) is 5.10 Å². The highest BCUT2D eigenvalue weighted by atomic mass is 16.2. The Morgan fingerprint density at radius 2 is 1.66 bits per heavy atom. The molecule has 6 heteroatoms. The van der Waals surface area contributed by atoms with Crippen LogP contribution in [0.5, 0.6) is 0 Å². The Balaban J connectivity index is 1.68. The summed E-state index contributed by atoms with van der Waals surface area (Å²) in [5.74, 6) is -0.156. The van der Waals surface area contributed by atoms with Gasteiger partial charge in [0.2, 0.25) is 5.91 Å². The normalized spacial score (nSPS) is 18.6. The first-order chi connectivity index (χ1) is 15.5. The van der Waals surface area contributed by atoms with Crippen LogP contribution in [0.3, 0.4) is 0 Å². The maximum atomic E-state index is 13.9. The molecular formula is C26H36N4O2. The summed E-state index contributed by atoms with van der Waals surface area (Å²) in [6.07, 6.45) is 13.1. The van der Waals surface area contributed by atoms with E-state index >= 15 is 0 Å². The van der Waals surface area contributed by atoms with Gasteiger partial charge in [0.05, 0.1) is 11.8 Å². The summed E-state index contributed by atoms with van der Waals surface area (Å²) < 4.78 is 1.81. The molecule has 2 fully saturated rings. The van der Waals surface area contributed by atoms with Crippen LogP contribution in [-0.2, 0) is 4.79 Å². The van der Waals surface area contributed by atoms with Gasteiger partial charge in [0.1, 0.15) is 6.04 Å². The van der Waals surface area contributed by atoms with E-state index in [0.29, 0.717) is 5.56 Å². The molecular weight excluding hydrogens is 400 g/mol. The molecule has 2 aliphatic rings. The smallest absolute Gasteiger partial charge is 0.258 e. The molecule has 2 saturated carbocycles. The third kappa shape index (κ3) is 5.05. The fraction of sp³-hybridized carbons (Fsp3) is 0.577. The first-order valence-electron chi connectivity index (χ1n) is 12.3. The lowest BCUT2D eigenvalue weighted by atomic mass is 9.94. The highest BCUT2D eigenvalue weighted by molar-refractivity contribution is 5.98. The molecule has 0 aliphatic heterocycles. The molecule has 1 aromatic heterocycles. The molecule has 32 heavy (non-hydrogen) atoms. The summed E-state index contributed by atoms with van der Waals surface area (Å²) in [6.45, 7) is 4.08. The van der Waals surface area contributed by atoms with Crippen molar-refractivity contribution in [3.05, 3.63) is 53.9 Å². The van der Waals surface area contributed by atoms with Gasteiger partial charge in [-0.3, -0.25) is 14.3 Å². The van der Waals surface area contributed by atoms with Crippen LogP contribution in [0.4, 0.5) is 0 Å². The number of rotatable bonds is 7. The van der Waals surface area contributed by atoms with Gasteiger partial charge in [-0.1, -0.05) is 62.4 Å². The van der Waals surface area contributed by atoms with E-state index in [1.54, 1.807) is 10.9 Å². The van der Waals surface area contributed by atoms with Crippen molar-refractivity contribution in [3.63, 3.8) is 0 Å². The predicted molar refractivity (Wildman–Crippen MR) is 125 cm³/mol. The van der Waals surface area contributed by atoms with Crippen molar-refractivity contribution in [2.45, 2.75) is 95.8 Å². The molecule has 4 rings (SSSR count). The number of carbonyl (C=O) groups excluding carboxylic acids is 2. The molecule has 1 aromatic carbocycles. The number of amides is 2. The van der Waals surface area contributed by atoms with E-state index in [-0.39, 0.29) is 29.9 Å². The highest BCUT2D eigenvalue weighted by Gasteiger charge is 2.39. The number of nitrogens with one attached hydrogen (secondary N) is 1. The van der Waals surface area contributed by atoms with E-state index in [1.165, 1.54) is 6.42 Å². The quantitative estimate of drug-likeness (QED) is 0.661. The largest absolute Gasteiger partial charge is 0.351 e. The average Bonchev–Trinajstić information content (AvgIpc) is 3.50. The van der Waals surface area contributed by atoms with E-state index in [9.17, 15) is 9.59 Å². The molecule has 2 aliphatic carbocycles. The van der Waals surface area contributed by atoms with Crippen LogP contribution in [0.1, 0.15) is 99.6 Å². The van der Waals surface area contributed by atoms with E-state index in [0.717, 1.165) is 56.9 Å². The van der Waals surface area contributed by atoms with Gasteiger partial charge in [-0.25, -0.2) is 0 Å². The number of aromatic nitrogens is 2. The Kier molecular flexibility index (Phi) is 7.28. The molecule has 0 bridgehead atoms. The van der Waals surface area contributed by atoms with Crippen molar-refractivity contribution in [2.24, 2.45) is 0 Å². The third-order valence-electron chi connectivity index (χ3n) is 6.92. The molecule has 172 valence electrons. The summed E-state index contributed by atoms with van der Waals surface area (Å²) >= 11 is 0. The number of nitrogens with zero attached hydrogens (tertiary/aromatic N) is 3. The van der Waals surface area contributed by atoms with Crippen LogP contribution < -0.4 is 5.32 Å². The molecule has 0 spiro atoms. The standard InChI is InChI=1S/C26H36N4O2/c1-19(2)29-18-21(17-27-29)26(32)30(23-15-9-10-16-23)24(20-11-5-3-6-12-20)25(31)28-22-13-7-4-8-14-22/h3,5-6,11-12,17-19,22-24H,4,7-10,13-16H2,1-2H3,(H,28,31)/t24-/m0/s1. The first kappa shape index (κ1) is 22.6. The van der Waals surface area contributed by atoms with E-state index in [2.05, 4.69) is 10.4 Å². The van der Waals surface area contributed by atoms with Crippen molar-refractivity contribution in [1.82, 2.24) is 20.0 Å². The lowest BCUT2D eigenvalue weighted by molar-refractivity contribution is -0.127. The number of carbonyl (C=O) groups is 2. The minimum Gasteiger partial charge on any atom is -0.351 e. The molecule has 0 unspecified atom stereocenters. The SMILES string of the molecule is CC(C)n1cc(C(=O)N(C2CCCC2)[C@H](C(=O)NC2CCCCC2)c2ccccc2)cn1. The second kappa shape index (κ2) is 10.3. The molecule has 2 amide bonds. The minimum atomic E-state index is -0.629. The van der Waals surface area contributed by atoms with Crippen LogP contribution in [0.2, 0.25) is 0 Å². The van der Waals surface area contributed by atoms with Gasteiger partial charge in [0, 0.05) is 24.3 Å². The topological polar surface area (TPSA) is 67.2 Å². The molecule has 1 heterocycles. The van der Waals surface area contributed by atoms with Gasteiger partial charge in [0.25, 0.3) is 5.91 Å². The number of hydrogen-bond acceptors (Lipinski definition) is 3. The Hall–Kier alpha value is -2.63. The lowest BCUT2D eigenvalue weighted by Crippen LogP contribution is -2.50. The maximum Gasteiger partial charge on any atom is 0.258 e. The molecule has 1 N–H and O–H groups in total. The van der Waals surface area contributed by atoms with Crippen molar-refractivity contribution in [1.29, 1.82) is 0 Å². The maximum absolute atomic E-state index is 13.9. The summed E-state index contributed by atoms with van der Waals surface area (Å²) in [4.78, 5) is 29.5. The van der Waals surface area contributed by atoms with Crippen molar-refractivity contribution in [3.8, 4) is 0 Å². The lowest BCUT2D eigenvalue weighted by Gasteiger charge is -2.37. The summed E-state index contributed by atoms with van der Waals surface area (Å²) in [7, 11) is 0. The Morgan fingerprint density at radius 3 is 2.28 bits per heavy atom. The van der Waals surface area contributed by atoms with Gasteiger partial charge in [-0.15, -0.1) is 0 Å². The van der Waals surface area contributed by atoms with Crippen LogP contribution in [0.15, 0.2) is 42.7 Å². The van der Waals surface area contributed by atoms with Crippen LogP contribution in [-0.4, -0.2) is 38.6 Å². The minimum absolute atomic E-state index is 0.0559. The van der Waals surface area contributed by atoms with E-state index < -0.39 is 6.04 Å². The zero-order valence-electron chi connectivity index (χ0n) is 19.4. The van der Waals surface area contributed by atoms with Crippen LogP contribution >= 0.6 is 0 Å². The molecule has 2 aromatic rings. The highest BCUT2D eigenvalue weighted by Crippen LogP contribution is 2.33. The van der Waals surface area contributed by atoms with Crippen LogP contribution in [0, 0.1) is 0 Å². The van der Waals surface area contributed by atoms with Crippen molar-refractivity contribution < 1.29 is 9.59 Å². The second-order valence-electron chi connectivity index (χ2n) is 9.61. The Bertz CT molecular complexity index is 896. The van der Waals surface area contributed by atoms with Crippen molar-refractivity contribution in [2.75, 3.05) is 0 Å². The Labute approximate surface area is 191 Å². The van der Waals surface area contributed by atoms with Gasteiger partial charge in [0.15, 0.2) is 0 Å². The Morgan fingerprint density at radius 1 is 1.00 bits per heavy atom. The fourth-order valence-corrected chi connectivity index (χ4v) is 5.16. The number of benzene rings is 1. The zero-order chi connectivity index (χ0) is 22.5. The van der Waals surface area contributed by atoms with Gasteiger partial charge in [-0.05, 0) is 45.1 Å². The van der Waals surface area contributed by atoms with Gasteiger partial charge < -0.3 is 10.2 Å². The summed E-state index contributed by atoms with van der Waals surface area (Å²) in [5, 5.41) is 7.68. The van der Waals surface area contributed by atoms with Crippen LogP contribution in [0.25, 0.3) is 0 Å². The molecule has 0 saturated heterocycles. The first-order valence-corrected chi connectivity index (χ1v) is 12.3. The van der Waals surface area contributed by atoms with Crippen molar-refractivity contribution >= 4 is 11.8 Å². The van der Waals surface area contributed by atoms with E-state index in [1.807, 2.05) is 55.3 Å². The molecule has 0 radical (unpaired) electrons.